The van der Waals surface area contributed by atoms with Crippen molar-refractivity contribution in [2.45, 2.75) is 26.2 Å². The number of nitrogens with one attached hydrogen (secondary N) is 2. The molecular formula is C27H23FN6O3S. The molecule has 192 valence electrons. The SMILES string of the molecule is Cc1ccc(F)c(CC(=O)Cc2ccc(Oc3ccnc4cc(C(=O)NCCc5nn[nH]n5)sc34)cc2)c1. The van der Waals surface area contributed by atoms with Crippen LogP contribution in [0.5, 0.6) is 11.5 Å². The number of aryl methyl sites for hydroxylation is 1. The maximum Gasteiger partial charge on any atom is 0.261 e. The van der Waals surface area contributed by atoms with Crippen molar-refractivity contribution in [1.82, 2.24) is 30.9 Å². The molecular weight excluding hydrogens is 507 g/mol. The van der Waals surface area contributed by atoms with Crippen molar-refractivity contribution in [1.29, 1.82) is 0 Å². The number of benzene rings is 2. The zero-order valence-electron chi connectivity index (χ0n) is 20.4. The molecule has 3 heterocycles. The lowest BCUT2D eigenvalue weighted by Crippen LogP contribution is -2.25. The minimum absolute atomic E-state index is 0.0478. The largest absolute Gasteiger partial charge is 0.456 e. The number of nitrogens with zero attached hydrogens (tertiary/aromatic N) is 4. The molecule has 9 nitrogen and oxygen atoms in total. The fraction of sp³-hybridized carbons (Fsp3) is 0.185. The Bertz CT molecular complexity index is 1580. The Morgan fingerprint density at radius 2 is 1.92 bits per heavy atom. The third-order valence-electron chi connectivity index (χ3n) is 5.76. The van der Waals surface area contributed by atoms with E-state index in [-0.39, 0.29) is 30.3 Å². The van der Waals surface area contributed by atoms with Crippen LogP contribution in [0.2, 0.25) is 0 Å². The Hall–Kier alpha value is -4.51. The number of tetrazole rings is 1. The van der Waals surface area contributed by atoms with Crippen LogP contribution < -0.4 is 10.1 Å². The van der Waals surface area contributed by atoms with E-state index in [0.29, 0.717) is 46.2 Å². The van der Waals surface area contributed by atoms with Gasteiger partial charge in [-0.05, 0) is 42.3 Å². The Morgan fingerprint density at radius 1 is 1.08 bits per heavy atom. The van der Waals surface area contributed by atoms with Crippen molar-refractivity contribution in [3.05, 3.63) is 94.0 Å². The van der Waals surface area contributed by atoms with Gasteiger partial charge in [-0.2, -0.15) is 5.21 Å². The van der Waals surface area contributed by atoms with E-state index in [1.165, 1.54) is 17.4 Å². The normalized spacial score (nSPS) is 11.0. The highest BCUT2D eigenvalue weighted by Gasteiger charge is 2.15. The quantitative estimate of drug-likeness (QED) is 0.275. The summed E-state index contributed by atoms with van der Waals surface area (Å²) in [5.41, 5.74) is 2.79. The number of ketones is 1. The second kappa shape index (κ2) is 11.3. The van der Waals surface area contributed by atoms with E-state index >= 15 is 0 Å². The van der Waals surface area contributed by atoms with Crippen LogP contribution in [0.15, 0.2) is 60.8 Å². The van der Waals surface area contributed by atoms with Crippen molar-refractivity contribution in [3.8, 4) is 11.5 Å². The second-order valence-corrected chi connectivity index (χ2v) is 9.75. The summed E-state index contributed by atoms with van der Waals surface area (Å²) in [6, 6.07) is 15.4. The molecule has 2 aromatic carbocycles. The van der Waals surface area contributed by atoms with Crippen molar-refractivity contribution >= 4 is 33.2 Å². The minimum Gasteiger partial charge on any atom is -0.456 e. The molecule has 5 aromatic rings. The van der Waals surface area contributed by atoms with Crippen LogP contribution in [0.4, 0.5) is 4.39 Å². The molecule has 2 N–H and O–H groups in total. The van der Waals surface area contributed by atoms with Gasteiger partial charge in [-0.1, -0.05) is 35.0 Å². The summed E-state index contributed by atoms with van der Waals surface area (Å²) in [7, 11) is 0. The molecule has 0 aliphatic rings. The molecule has 0 saturated carbocycles. The highest BCUT2D eigenvalue weighted by Crippen LogP contribution is 2.35. The van der Waals surface area contributed by atoms with E-state index in [0.717, 1.165) is 15.8 Å². The first kappa shape index (κ1) is 25.2. The second-order valence-electron chi connectivity index (χ2n) is 8.70. The Labute approximate surface area is 221 Å². The molecule has 0 aliphatic carbocycles. The van der Waals surface area contributed by atoms with Crippen LogP contribution >= 0.6 is 11.3 Å². The number of amides is 1. The number of aromatic nitrogens is 5. The minimum atomic E-state index is -0.366. The number of thiophene rings is 1. The predicted octanol–water partition coefficient (Wildman–Crippen LogP) is 4.38. The Balaban J connectivity index is 1.21. The third-order valence-corrected chi connectivity index (χ3v) is 6.90. The molecule has 0 spiro atoms. The fourth-order valence-electron chi connectivity index (χ4n) is 3.91. The maximum atomic E-state index is 14.0. The molecule has 0 atom stereocenters. The van der Waals surface area contributed by atoms with Gasteiger partial charge in [0.25, 0.3) is 5.91 Å². The number of H-pyrrole nitrogens is 1. The average molecular weight is 531 g/mol. The van der Waals surface area contributed by atoms with Crippen LogP contribution in [0.25, 0.3) is 10.2 Å². The molecule has 0 radical (unpaired) electrons. The lowest BCUT2D eigenvalue weighted by molar-refractivity contribution is -0.117. The van der Waals surface area contributed by atoms with E-state index < -0.39 is 0 Å². The zero-order chi connectivity index (χ0) is 26.5. The lowest BCUT2D eigenvalue weighted by atomic mass is 10.0. The number of fused-ring (bicyclic) bond motifs is 1. The van der Waals surface area contributed by atoms with Crippen LogP contribution in [0.3, 0.4) is 0 Å². The zero-order valence-corrected chi connectivity index (χ0v) is 21.2. The van der Waals surface area contributed by atoms with Gasteiger partial charge in [-0.25, -0.2) is 4.39 Å². The number of hydrogen-bond acceptors (Lipinski definition) is 8. The van der Waals surface area contributed by atoms with Gasteiger partial charge in [0.1, 0.15) is 23.1 Å². The first-order valence-corrected chi connectivity index (χ1v) is 12.7. The molecule has 0 fully saturated rings. The monoisotopic (exact) mass is 530 g/mol. The standard InChI is InChI=1S/C27H23FN6O3S/c1-16-2-7-21(28)18(12-16)14-19(35)13-17-3-5-20(6-4-17)37-23-8-10-29-22-15-24(38-26(22)23)27(36)30-11-9-25-31-33-34-32-25/h2-8,10,12,15H,9,11,13-14H2,1H3,(H,30,36)(H,31,32,33,34). The van der Waals surface area contributed by atoms with Gasteiger partial charge in [0.2, 0.25) is 0 Å². The van der Waals surface area contributed by atoms with Gasteiger partial charge in [0.05, 0.1) is 15.1 Å². The van der Waals surface area contributed by atoms with Gasteiger partial charge >= 0.3 is 0 Å². The molecule has 3 aromatic heterocycles. The molecule has 0 aliphatic heterocycles. The number of aromatic amines is 1. The van der Waals surface area contributed by atoms with E-state index in [2.05, 4.69) is 30.9 Å². The van der Waals surface area contributed by atoms with Crippen molar-refractivity contribution < 1.29 is 18.7 Å². The van der Waals surface area contributed by atoms with E-state index in [9.17, 15) is 14.0 Å². The van der Waals surface area contributed by atoms with Gasteiger partial charge < -0.3 is 10.1 Å². The molecule has 0 saturated heterocycles. The van der Waals surface area contributed by atoms with E-state index in [4.69, 9.17) is 4.74 Å². The van der Waals surface area contributed by atoms with Crippen molar-refractivity contribution in [2.75, 3.05) is 6.54 Å². The predicted molar refractivity (Wildman–Crippen MR) is 140 cm³/mol. The van der Waals surface area contributed by atoms with E-state index in [1.807, 2.05) is 19.1 Å². The summed E-state index contributed by atoms with van der Waals surface area (Å²) in [5.74, 6) is 1.02. The topological polar surface area (TPSA) is 123 Å². The van der Waals surface area contributed by atoms with Crippen molar-refractivity contribution in [3.63, 3.8) is 0 Å². The maximum absolute atomic E-state index is 14.0. The van der Waals surface area contributed by atoms with Crippen molar-refractivity contribution in [2.24, 2.45) is 0 Å². The summed E-state index contributed by atoms with van der Waals surface area (Å²) in [6.45, 7) is 2.24. The molecule has 38 heavy (non-hydrogen) atoms. The lowest BCUT2D eigenvalue weighted by Gasteiger charge is -2.08. The van der Waals surface area contributed by atoms with Crippen LogP contribution in [0, 0.1) is 12.7 Å². The number of Topliss-reactive ketones (excluding diaryl/α,β-unsaturated/α-hetero) is 1. The smallest absolute Gasteiger partial charge is 0.261 e. The first-order chi connectivity index (χ1) is 18.4. The van der Waals surface area contributed by atoms with Crippen LogP contribution in [-0.2, 0) is 24.1 Å². The summed E-state index contributed by atoms with van der Waals surface area (Å²) in [4.78, 5) is 30.0. The summed E-state index contributed by atoms with van der Waals surface area (Å²) in [6.07, 6.45) is 2.33. The highest BCUT2D eigenvalue weighted by atomic mass is 32.1. The summed E-state index contributed by atoms with van der Waals surface area (Å²) < 4.78 is 20.8. The summed E-state index contributed by atoms with van der Waals surface area (Å²) in [5, 5.41) is 16.4. The number of ether oxygens (including phenoxy) is 1. The van der Waals surface area contributed by atoms with Crippen LogP contribution in [0.1, 0.15) is 32.2 Å². The molecule has 5 rings (SSSR count). The van der Waals surface area contributed by atoms with Gasteiger partial charge in [0.15, 0.2) is 5.82 Å². The molecule has 11 heteroatoms. The Kier molecular flexibility index (Phi) is 7.45. The van der Waals surface area contributed by atoms with Gasteiger partial charge in [0, 0.05) is 38.1 Å². The average Bonchev–Trinajstić information content (AvgIpc) is 3.58. The number of rotatable bonds is 10. The first-order valence-electron chi connectivity index (χ1n) is 11.9. The number of halogens is 1. The molecule has 1 amide bonds. The third kappa shape index (κ3) is 6.06. The number of hydrogen-bond donors (Lipinski definition) is 2. The van der Waals surface area contributed by atoms with Crippen LogP contribution in [-0.4, -0.2) is 43.8 Å². The number of carbonyl (C=O) groups excluding carboxylic acids is 2. The molecule has 0 bridgehead atoms. The molecule has 0 unspecified atom stereocenters. The fourth-order valence-corrected chi connectivity index (χ4v) is 4.90. The number of pyridine rings is 1. The summed E-state index contributed by atoms with van der Waals surface area (Å²) >= 11 is 1.29. The highest BCUT2D eigenvalue weighted by molar-refractivity contribution is 7.21. The van der Waals surface area contributed by atoms with Gasteiger partial charge in [-0.15, -0.1) is 21.5 Å². The number of carbonyl (C=O) groups is 2. The van der Waals surface area contributed by atoms with E-state index in [1.54, 1.807) is 42.6 Å². The van der Waals surface area contributed by atoms with Gasteiger partial charge in [-0.3, -0.25) is 14.6 Å². The Morgan fingerprint density at radius 3 is 2.71 bits per heavy atom.